The molecule has 0 heterocycles. The third kappa shape index (κ3) is 172. The molecule has 0 amide bonds. The van der Waals surface area contributed by atoms with E-state index < -0.39 is 10.4 Å². The van der Waals surface area contributed by atoms with Crippen LogP contribution in [0.4, 0.5) is 0 Å². The molecule has 0 saturated carbocycles. The summed E-state index contributed by atoms with van der Waals surface area (Å²) in [4.78, 5) is 0. The molecule has 0 spiro atoms. The molecule has 4 nitrogen and oxygen atoms in total. The van der Waals surface area contributed by atoms with Gasteiger partial charge in [0.1, 0.15) is 0 Å². The number of hydrogen-bond acceptors (Lipinski definition) is 2. The standard InChI is InChI=1S/Fe.H2O4S.Zn/c;1-5(2,3)4;/h;(H2,1,2,3,4);. The minimum atomic E-state index is -4.67. The normalized spacial score (nSPS) is 8.29. The van der Waals surface area contributed by atoms with Crippen molar-refractivity contribution in [3.05, 3.63) is 0 Å². The van der Waals surface area contributed by atoms with E-state index in [1.807, 2.05) is 0 Å². The van der Waals surface area contributed by atoms with Gasteiger partial charge in [0.2, 0.25) is 0 Å². The first kappa shape index (κ1) is 15.7. The fourth-order valence-electron chi connectivity index (χ4n) is 0. The van der Waals surface area contributed by atoms with Crippen molar-refractivity contribution in [2.24, 2.45) is 0 Å². The Morgan fingerprint density at radius 3 is 1.14 bits per heavy atom. The van der Waals surface area contributed by atoms with Gasteiger partial charge >= 0.3 is 10.4 Å². The third-order valence-corrected chi connectivity index (χ3v) is 0. The van der Waals surface area contributed by atoms with E-state index in [-0.39, 0.29) is 36.5 Å². The van der Waals surface area contributed by atoms with Crippen molar-refractivity contribution in [3.8, 4) is 0 Å². The molecule has 0 aliphatic rings. The molecule has 0 bridgehead atoms. The molecule has 0 unspecified atom stereocenters. The van der Waals surface area contributed by atoms with E-state index in [1.54, 1.807) is 0 Å². The average Bonchev–Trinajstić information content (AvgIpc) is 0.722. The van der Waals surface area contributed by atoms with Crippen LogP contribution in [0, 0.1) is 0 Å². The topological polar surface area (TPSA) is 74.6 Å². The van der Waals surface area contributed by atoms with Crippen LogP contribution < -0.4 is 0 Å². The maximum atomic E-state index is 8.74. The van der Waals surface area contributed by atoms with Crippen molar-refractivity contribution in [2.45, 2.75) is 0 Å². The molecule has 0 atom stereocenters. The van der Waals surface area contributed by atoms with Crippen molar-refractivity contribution < 1.29 is 54.1 Å². The van der Waals surface area contributed by atoms with E-state index in [1.165, 1.54) is 0 Å². The Morgan fingerprint density at radius 1 is 1.14 bits per heavy atom. The van der Waals surface area contributed by atoms with Gasteiger partial charge in [-0.1, -0.05) is 0 Å². The summed E-state index contributed by atoms with van der Waals surface area (Å²) >= 11 is 0. The average molecular weight is 219 g/mol. The molecule has 0 aliphatic carbocycles. The van der Waals surface area contributed by atoms with Gasteiger partial charge in [0.15, 0.2) is 0 Å². The van der Waals surface area contributed by atoms with Crippen molar-refractivity contribution in [1.82, 2.24) is 0 Å². The summed E-state index contributed by atoms with van der Waals surface area (Å²) in [7, 11) is -4.67. The predicted molar refractivity (Wildman–Crippen MR) is 14.2 cm³/mol. The Balaban J connectivity index is -0.0000000800. The van der Waals surface area contributed by atoms with Gasteiger partial charge < -0.3 is 0 Å². The van der Waals surface area contributed by atoms with Gasteiger partial charge in [0.25, 0.3) is 0 Å². The molecule has 0 aromatic heterocycles. The van der Waals surface area contributed by atoms with Crippen molar-refractivity contribution in [2.75, 3.05) is 0 Å². The fraction of sp³-hybridized carbons (Fsp3) is 0. The zero-order valence-electron chi connectivity index (χ0n) is 3.18. The summed E-state index contributed by atoms with van der Waals surface area (Å²) < 4.78 is 31.6. The Bertz CT molecular complexity index is 94.9. The van der Waals surface area contributed by atoms with Crippen LogP contribution in [0.25, 0.3) is 0 Å². The van der Waals surface area contributed by atoms with Gasteiger partial charge in [-0.3, -0.25) is 9.11 Å². The van der Waals surface area contributed by atoms with Crippen molar-refractivity contribution in [3.63, 3.8) is 0 Å². The monoisotopic (exact) mass is 218 g/mol. The quantitative estimate of drug-likeness (QED) is 0.419. The Labute approximate surface area is 64.5 Å². The van der Waals surface area contributed by atoms with Crippen LogP contribution in [-0.2, 0) is 46.9 Å². The summed E-state index contributed by atoms with van der Waals surface area (Å²) in [6.07, 6.45) is 0. The molecule has 0 aromatic rings. The maximum absolute atomic E-state index is 8.74. The van der Waals surface area contributed by atoms with Gasteiger partial charge in [0, 0.05) is 36.5 Å². The van der Waals surface area contributed by atoms with Gasteiger partial charge in [-0.15, -0.1) is 0 Å². The Hall–Kier alpha value is 1.01. The van der Waals surface area contributed by atoms with Crippen LogP contribution in [0.3, 0.4) is 0 Å². The Morgan fingerprint density at radius 2 is 1.14 bits per heavy atom. The molecule has 0 fully saturated rings. The summed E-state index contributed by atoms with van der Waals surface area (Å²) in [5.41, 5.74) is 0. The fourth-order valence-corrected chi connectivity index (χ4v) is 0. The van der Waals surface area contributed by atoms with Crippen LogP contribution in [-0.4, -0.2) is 17.5 Å². The second-order valence-corrected chi connectivity index (χ2v) is 1.34. The van der Waals surface area contributed by atoms with Crippen molar-refractivity contribution >= 4 is 10.4 Å². The molecule has 0 radical (unpaired) electrons. The third-order valence-electron chi connectivity index (χ3n) is 0. The zero-order valence-corrected chi connectivity index (χ0v) is 8.07. The molecule has 0 aliphatic heterocycles. The van der Waals surface area contributed by atoms with Crippen molar-refractivity contribution in [1.29, 1.82) is 0 Å². The Kier molecular flexibility index (Phi) is 11.5. The first-order chi connectivity index (χ1) is 2.00. The van der Waals surface area contributed by atoms with E-state index in [4.69, 9.17) is 17.5 Å². The van der Waals surface area contributed by atoms with Crippen LogP contribution in [0.2, 0.25) is 0 Å². The molecule has 7 heavy (non-hydrogen) atoms. The minimum absolute atomic E-state index is 0. The minimum Gasteiger partial charge on any atom is -0.264 e. The molecule has 0 aromatic carbocycles. The van der Waals surface area contributed by atoms with Gasteiger partial charge in [-0.25, -0.2) is 0 Å². The molecule has 2 N–H and O–H groups in total. The van der Waals surface area contributed by atoms with Crippen LogP contribution in [0.1, 0.15) is 0 Å². The molecular formula is H2FeO4SZn. The number of rotatable bonds is 0. The largest absolute Gasteiger partial charge is 0.394 e. The van der Waals surface area contributed by atoms with Gasteiger partial charge in [0.05, 0.1) is 0 Å². The summed E-state index contributed by atoms with van der Waals surface area (Å²) in [6.45, 7) is 0. The predicted octanol–water partition coefficient (Wildman–Crippen LogP) is -0.658. The molecule has 0 saturated heterocycles. The van der Waals surface area contributed by atoms with Gasteiger partial charge in [-0.2, -0.15) is 8.42 Å². The van der Waals surface area contributed by atoms with Crippen LogP contribution in [0.15, 0.2) is 0 Å². The summed E-state index contributed by atoms with van der Waals surface area (Å²) in [5.74, 6) is 0. The van der Waals surface area contributed by atoms with E-state index in [9.17, 15) is 0 Å². The van der Waals surface area contributed by atoms with Gasteiger partial charge in [-0.05, 0) is 0 Å². The first-order valence-electron chi connectivity index (χ1n) is 0.698. The molecular weight excluding hydrogens is 217 g/mol. The SMILES string of the molecule is O=S(=O)(O)O.[Fe].[Zn]. The second-order valence-electron chi connectivity index (χ2n) is 0.448. The van der Waals surface area contributed by atoms with E-state index in [0.717, 1.165) is 0 Å². The van der Waals surface area contributed by atoms with E-state index >= 15 is 0 Å². The van der Waals surface area contributed by atoms with Crippen LogP contribution >= 0.6 is 0 Å². The molecule has 0 rings (SSSR count). The summed E-state index contributed by atoms with van der Waals surface area (Å²) in [5, 5.41) is 0. The molecule has 42 valence electrons. The molecule has 7 heteroatoms. The van der Waals surface area contributed by atoms with E-state index in [0.29, 0.717) is 0 Å². The maximum Gasteiger partial charge on any atom is 0.394 e. The van der Waals surface area contributed by atoms with Crippen LogP contribution in [0.5, 0.6) is 0 Å². The van der Waals surface area contributed by atoms with E-state index in [2.05, 4.69) is 0 Å². The second kappa shape index (κ2) is 5.16. The first-order valence-corrected chi connectivity index (χ1v) is 2.10. The summed E-state index contributed by atoms with van der Waals surface area (Å²) in [6, 6.07) is 0. The number of hydrogen-bond donors (Lipinski definition) is 2. The zero-order chi connectivity index (χ0) is 4.50. The smallest absolute Gasteiger partial charge is 0.264 e.